The standard InChI is InChI=1S/C19H18Cl2N4O2/c20-14-1-5-16(6-2-14)24-12-22(9-18(24)26)11-23-10-19(27)25(13-23)17-7-3-15(21)4-8-17/h1-8H,9-13H2. The Bertz CT molecular complexity index is 786. The number of benzene rings is 2. The molecular formula is C19H18Cl2N4O2. The zero-order valence-electron chi connectivity index (χ0n) is 14.5. The molecule has 0 atom stereocenters. The van der Waals surface area contributed by atoms with Crippen LogP contribution < -0.4 is 9.80 Å². The first-order valence-electron chi connectivity index (χ1n) is 8.56. The van der Waals surface area contributed by atoms with Gasteiger partial charge in [0, 0.05) is 21.4 Å². The van der Waals surface area contributed by atoms with Crippen LogP contribution in [0.4, 0.5) is 11.4 Å². The van der Waals surface area contributed by atoms with E-state index in [2.05, 4.69) is 0 Å². The molecule has 2 aliphatic rings. The monoisotopic (exact) mass is 404 g/mol. The zero-order chi connectivity index (χ0) is 19.0. The molecule has 0 N–H and O–H groups in total. The van der Waals surface area contributed by atoms with Gasteiger partial charge in [-0.05, 0) is 48.5 Å². The van der Waals surface area contributed by atoms with Gasteiger partial charge in [0.05, 0.1) is 33.1 Å². The first kappa shape index (κ1) is 18.3. The molecular weight excluding hydrogens is 387 g/mol. The lowest BCUT2D eigenvalue weighted by atomic mass is 10.3. The molecule has 0 aliphatic carbocycles. The second-order valence-corrected chi connectivity index (χ2v) is 7.55. The van der Waals surface area contributed by atoms with Gasteiger partial charge in [-0.3, -0.25) is 29.2 Å². The maximum absolute atomic E-state index is 12.4. The molecule has 8 heteroatoms. The predicted octanol–water partition coefficient (Wildman–Crippen LogP) is 2.86. The summed E-state index contributed by atoms with van der Waals surface area (Å²) in [6.07, 6.45) is 0. The number of hydrogen-bond acceptors (Lipinski definition) is 4. The number of rotatable bonds is 4. The van der Waals surface area contributed by atoms with Gasteiger partial charge >= 0.3 is 0 Å². The molecule has 0 radical (unpaired) electrons. The Balaban J connectivity index is 1.38. The minimum Gasteiger partial charge on any atom is -0.298 e. The fourth-order valence-electron chi connectivity index (χ4n) is 3.38. The Morgan fingerprint density at radius 3 is 1.41 bits per heavy atom. The smallest absolute Gasteiger partial charge is 0.242 e. The van der Waals surface area contributed by atoms with Crippen LogP contribution in [0, 0.1) is 0 Å². The lowest BCUT2D eigenvalue weighted by Crippen LogP contribution is -2.37. The van der Waals surface area contributed by atoms with E-state index in [0.29, 0.717) is 43.1 Å². The Morgan fingerprint density at radius 2 is 1.04 bits per heavy atom. The molecule has 2 amide bonds. The van der Waals surface area contributed by atoms with Crippen LogP contribution in [-0.4, -0.2) is 54.7 Å². The van der Waals surface area contributed by atoms with Gasteiger partial charge in [-0.2, -0.15) is 0 Å². The van der Waals surface area contributed by atoms with Crippen molar-refractivity contribution in [3.8, 4) is 0 Å². The third-order valence-corrected chi connectivity index (χ3v) is 5.18. The number of carbonyl (C=O) groups excluding carboxylic acids is 2. The van der Waals surface area contributed by atoms with E-state index in [9.17, 15) is 9.59 Å². The molecule has 0 unspecified atom stereocenters. The van der Waals surface area contributed by atoms with Gasteiger partial charge in [0.1, 0.15) is 0 Å². The number of amides is 2. The van der Waals surface area contributed by atoms with Crippen LogP contribution in [0.1, 0.15) is 0 Å². The summed E-state index contributed by atoms with van der Waals surface area (Å²) in [5.74, 6) is 0.0785. The minimum atomic E-state index is 0.0393. The summed E-state index contributed by atoms with van der Waals surface area (Å²) in [7, 11) is 0. The second-order valence-electron chi connectivity index (χ2n) is 6.68. The van der Waals surface area contributed by atoms with Crippen LogP contribution in [0.5, 0.6) is 0 Å². The number of hydrogen-bond donors (Lipinski definition) is 0. The van der Waals surface area contributed by atoms with E-state index >= 15 is 0 Å². The largest absolute Gasteiger partial charge is 0.298 e. The fourth-order valence-corrected chi connectivity index (χ4v) is 3.63. The van der Waals surface area contributed by atoms with Gasteiger partial charge in [0.2, 0.25) is 11.8 Å². The van der Waals surface area contributed by atoms with Crippen LogP contribution >= 0.6 is 23.2 Å². The Morgan fingerprint density at radius 1 is 0.667 bits per heavy atom. The van der Waals surface area contributed by atoms with Crippen LogP contribution in [0.25, 0.3) is 0 Å². The van der Waals surface area contributed by atoms with Crippen molar-refractivity contribution >= 4 is 46.4 Å². The topological polar surface area (TPSA) is 47.1 Å². The molecule has 0 saturated carbocycles. The summed E-state index contributed by atoms with van der Waals surface area (Å²) < 4.78 is 0. The quantitative estimate of drug-likeness (QED) is 0.785. The molecule has 0 aromatic heterocycles. The number of halogens is 2. The molecule has 2 aromatic carbocycles. The van der Waals surface area contributed by atoms with E-state index in [1.807, 2.05) is 34.1 Å². The summed E-state index contributed by atoms with van der Waals surface area (Å²) in [4.78, 5) is 32.2. The average Bonchev–Trinajstić information content (AvgIpc) is 3.19. The molecule has 2 aromatic rings. The lowest BCUT2D eigenvalue weighted by molar-refractivity contribution is -0.117. The van der Waals surface area contributed by atoms with Gasteiger partial charge in [-0.15, -0.1) is 0 Å². The van der Waals surface area contributed by atoms with Crippen molar-refractivity contribution < 1.29 is 9.59 Å². The third-order valence-electron chi connectivity index (χ3n) is 4.68. The zero-order valence-corrected chi connectivity index (χ0v) is 16.0. The molecule has 2 saturated heterocycles. The maximum Gasteiger partial charge on any atom is 0.242 e. The summed E-state index contributed by atoms with van der Waals surface area (Å²) in [5.41, 5.74) is 1.65. The van der Waals surface area contributed by atoms with Gasteiger partial charge in [-0.25, -0.2) is 0 Å². The molecule has 2 heterocycles. The Labute approximate surface area is 167 Å². The highest BCUT2D eigenvalue weighted by Gasteiger charge is 2.34. The summed E-state index contributed by atoms with van der Waals surface area (Å²) in [6, 6.07) is 14.4. The molecule has 0 spiro atoms. The second kappa shape index (κ2) is 7.48. The van der Waals surface area contributed by atoms with E-state index in [0.717, 1.165) is 11.4 Å². The predicted molar refractivity (Wildman–Crippen MR) is 106 cm³/mol. The maximum atomic E-state index is 12.4. The van der Waals surface area contributed by atoms with E-state index in [-0.39, 0.29) is 11.8 Å². The van der Waals surface area contributed by atoms with Crippen molar-refractivity contribution in [2.75, 3.05) is 42.9 Å². The normalized spacial score (nSPS) is 18.7. The van der Waals surface area contributed by atoms with Crippen LogP contribution in [0.3, 0.4) is 0 Å². The first-order chi connectivity index (χ1) is 13.0. The van der Waals surface area contributed by atoms with Crippen molar-refractivity contribution in [3.63, 3.8) is 0 Å². The molecule has 27 heavy (non-hydrogen) atoms. The Hall–Kier alpha value is -2.12. The highest BCUT2D eigenvalue weighted by molar-refractivity contribution is 6.31. The third kappa shape index (κ3) is 3.94. The minimum absolute atomic E-state index is 0.0393. The summed E-state index contributed by atoms with van der Waals surface area (Å²) >= 11 is 11.8. The van der Waals surface area contributed by atoms with E-state index in [4.69, 9.17) is 23.2 Å². The highest BCUT2D eigenvalue weighted by Crippen LogP contribution is 2.24. The summed E-state index contributed by atoms with van der Waals surface area (Å²) in [5, 5.41) is 1.28. The molecule has 2 fully saturated rings. The van der Waals surface area contributed by atoms with E-state index in [1.54, 1.807) is 34.1 Å². The van der Waals surface area contributed by atoms with Gasteiger partial charge in [-0.1, -0.05) is 23.2 Å². The van der Waals surface area contributed by atoms with Crippen molar-refractivity contribution in [2.24, 2.45) is 0 Å². The number of nitrogens with zero attached hydrogens (tertiary/aromatic N) is 4. The van der Waals surface area contributed by atoms with Crippen molar-refractivity contribution in [2.45, 2.75) is 0 Å². The molecule has 6 nitrogen and oxygen atoms in total. The van der Waals surface area contributed by atoms with Gasteiger partial charge < -0.3 is 0 Å². The molecule has 140 valence electrons. The van der Waals surface area contributed by atoms with Crippen LogP contribution in [0.15, 0.2) is 48.5 Å². The van der Waals surface area contributed by atoms with Crippen LogP contribution in [0.2, 0.25) is 10.0 Å². The molecule has 2 aliphatic heterocycles. The molecule has 0 bridgehead atoms. The SMILES string of the molecule is O=C1CN(CN2CC(=O)N(c3ccc(Cl)cc3)C2)CN1c1ccc(Cl)cc1. The van der Waals surface area contributed by atoms with Crippen molar-refractivity contribution in [1.82, 2.24) is 9.80 Å². The van der Waals surface area contributed by atoms with Crippen molar-refractivity contribution in [3.05, 3.63) is 58.6 Å². The first-order valence-corrected chi connectivity index (χ1v) is 9.32. The van der Waals surface area contributed by atoms with Crippen molar-refractivity contribution in [1.29, 1.82) is 0 Å². The number of anilines is 2. The van der Waals surface area contributed by atoms with Gasteiger partial charge in [0.15, 0.2) is 0 Å². The lowest BCUT2D eigenvalue weighted by Gasteiger charge is -2.23. The molecule has 4 rings (SSSR count). The fraction of sp³-hybridized carbons (Fsp3) is 0.263. The van der Waals surface area contributed by atoms with E-state index in [1.165, 1.54) is 0 Å². The Kier molecular flexibility index (Phi) is 5.06. The number of carbonyl (C=O) groups is 2. The summed E-state index contributed by atoms with van der Waals surface area (Å²) in [6.45, 7) is 2.19. The van der Waals surface area contributed by atoms with Crippen LogP contribution in [-0.2, 0) is 9.59 Å². The highest BCUT2D eigenvalue weighted by atomic mass is 35.5. The average molecular weight is 405 g/mol. The van der Waals surface area contributed by atoms with E-state index < -0.39 is 0 Å². The van der Waals surface area contributed by atoms with Gasteiger partial charge in [0.25, 0.3) is 0 Å².